The molecular weight excluding hydrogens is 354 g/mol. The molecule has 5 rings (SSSR count). The number of piperidine rings is 1. The number of amides is 1. The molecule has 0 radical (unpaired) electrons. The highest BCUT2D eigenvalue weighted by Gasteiger charge is 2.41. The number of pyridine rings is 1. The topological polar surface area (TPSA) is 56.1 Å². The molecule has 3 aromatic rings. The van der Waals surface area contributed by atoms with Crippen molar-refractivity contribution in [3.05, 3.63) is 65.6 Å². The molecule has 6 nitrogen and oxygen atoms in total. The van der Waals surface area contributed by atoms with Crippen LogP contribution < -0.4 is 4.74 Å². The molecule has 2 aliphatic heterocycles. The summed E-state index contributed by atoms with van der Waals surface area (Å²) in [7, 11) is 1.70. The predicted molar refractivity (Wildman–Crippen MR) is 105 cm³/mol. The molecule has 2 aromatic heterocycles. The number of hydrogen-bond acceptors (Lipinski definition) is 4. The van der Waals surface area contributed by atoms with Gasteiger partial charge in [0, 0.05) is 31.7 Å². The van der Waals surface area contributed by atoms with Gasteiger partial charge < -0.3 is 18.8 Å². The lowest BCUT2D eigenvalue weighted by Crippen LogP contribution is -2.48. The third-order valence-corrected chi connectivity index (χ3v) is 6.05. The minimum atomic E-state index is -0.287. The van der Waals surface area contributed by atoms with Gasteiger partial charge in [-0.2, -0.15) is 0 Å². The fourth-order valence-corrected chi connectivity index (χ4v) is 4.50. The number of carbonyl (C=O) groups is 1. The zero-order chi connectivity index (χ0) is 19.1. The molecule has 4 heterocycles. The van der Waals surface area contributed by atoms with Gasteiger partial charge in [-0.25, -0.2) is 4.98 Å². The Morgan fingerprint density at radius 3 is 2.89 bits per heavy atom. The Morgan fingerprint density at radius 2 is 2.07 bits per heavy atom. The zero-order valence-electron chi connectivity index (χ0n) is 15.9. The van der Waals surface area contributed by atoms with E-state index in [0.717, 1.165) is 30.7 Å². The van der Waals surface area contributed by atoms with Gasteiger partial charge >= 0.3 is 0 Å². The van der Waals surface area contributed by atoms with Crippen LogP contribution in [0.25, 0.3) is 5.65 Å². The lowest BCUT2D eigenvalue weighted by Gasteiger charge is -2.45. The highest BCUT2D eigenvalue weighted by Crippen LogP contribution is 2.42. The first-order valence-corrected chi connectivity index (χ1v) is 9.72. The van der Waals surface area contributed by atoms with Gasteiger partial charge in [0.1, 0.15) is 11.4 Å². The summed E-state index contributed by atoms with van der Waals surface area (Å²) in [6.07, 6.45) is 7.98. The van der Waals surface area contributed by atoms with E-state index in [4.69, 9.17) is 9.47 Å². The van der Waals surface area contributed by atoms with Crippen LogP contribution in [0.3, 0.4) is 0 Å². The SMILES string of the molecule is COc1ccc2c(c1)CCOC21CCN(C(=O)c2ccc3nccn3c2)CC1. The van der Waals surface area contributed by atoms with Crippen LogP contribution in [-0.4, -0.2) is 47.0 Å². The summed E-state index contributed by atoms with van der Waals surface area (Å²) in [4.78, 5) is 19.2. The summed E-state index contributed by atoms with van der Waals surface area (Å²) in [5.41, 5.74) is 3.81. The Balaban J connectivity index is 1.36. The summed E-state index contributed by atoms with van der Waals surface area (Å²) < 4.78 is 13.6. The maximum atomic E-state index is 13.0. The van der Waals surface area contributed by atoms with E-state index in [1.165, 1.54) is 11.1 Å². The third kappa shape index (κ3) is 2.76. The molecule has 0 aliphatic carbocycles. The molecule has 0 saturated carbocycles. The smallest absolute Gasteiger partial charge is 0.255 e. The van der Waals surface area contributed by atoms with Crippen molar-refractivity contribution < 1.29 is 14.3 Å². The van der Waals surface area contributed by atoms with E-state index in [9.17, 15) is 4.79 Å². The van der Waals surface area contributed by atoms with Crippen molar-refractivity contribution in [1.82, 2.24) is 14.3 Å². The van der Waals surface area contributed by atoms with Crippen molar-refractivity contribution in [2.75, 3.05) is 26.8 Å². The van der Waals surface area contributed by atoms with E-state index in [0.29, 0.717) is 25.3 Å². The Labute approximate surface area is 163 Å². The normalized spacial score (nSPS) is 18.2. The van der Waals surface area contributed by atoms with Crippen LogP contribution in [0, 0.1) is 0 Å². The van der Waals surface area contributed by atoms with E-state index in [2.05, 4.69) is 17.1 Å². The van der Waals surface area contributed by atoms with Crippen LogP contribution in [0.4, 0.5) is 0 Å². The second kappa shape index (κ2) is 6.63. The lowest BCUT2D eigenvalue weighted by molar-refractivity contribution is -0.0935. The number of methoxy groups -OCH3 is 1. The third-order valence-electron chi connectivity index (χ3n) is 6.05. The number of ether oxygens (including phenoxy) is 2. The predicted octanol–water partition coefficient (Wildman–Crippen LogP) is 3.05. The molecule has 1 aromatic carbocycles. The maximum absolute atomic E-state index is 13.0. The first-order chi connectivity index (χ1) is 13.7. The molecule has 1 amide bonds. The minimum Gasteiger partial charge on any atom is -0.497 e. The number of rotatable bonds is 2. The summed E-state index contributed by atoms with van der Waals surface area (Å²) in [5.74, 6) is 0.953. The van der Waals surface area contributed by atoms with Crippen molar-refractivity contribution in [1.29, 1.82) is 0 Å². The summed E-state index contributed by atoms with van der Waals surface area (Å²) in [6, 6.07) is 10.0. The average Bonchev–Trinajstić information content (AvgIpc) is 3.21. The number of likely N-dealkylation sites (tertiary alicyclic amines) is 1. The Kier molecular flexibility index (Phi) is 4.09. The molecule has 0 atom stereocenters. The van der Waals surface area contributed by atoms with Gasteiger partial charge in [0.15, 0.2) is 0 Å². The van der Waals surface area contributed by atoms with Gasteiger partial charge in [0.25, 0.3) is 5.91 Å². The molecule has 0 unspecified atom stereocenters. The monoisotopic (exact) mass is 377 g/mol. The van der Waals surface area contributed by atoms with Gasteiger partial charge in [-0.1, -0.05) is 6.07 Å². The number of fused-ring (bicyclic) bond motifs is 3. The lowest BCUT2D eigenvalue weighted by atomic mass is 9.79. The van der Waals surface area contributed by atoms with Crippen molar-refractivity contribution in [3.8, 4) is 5.75 Å². The highest BCUT2D eigenvalue weighted by molar-refractivity contribution is 5.94. The molecule has 144 valence electrons. The van der Waals surface area contributed by atoms with Gasteiger partial charge in [0.05, 0.1) is 24.9 Å². The number of benzene rings is 1. The first kappa shape index (κ1) is 17.3. The Morgan fingerprint density at radius 1 is 1.21 bits per heavy atom. The van der Waals surface area contributed by atoms with Crippen molar-refractivity contribution >= 4 is 11.6 Å². The molecule has 28 heavy (non-hydrogen) atoms. The zero-order valence-corrected chi connectivity index (χ0v) is 15.9. The van der Waals surface area contributed by atoms with Crippen LogP contribution in [0.1, 0.15) is 34.3 Å². The van der Waals surface area contributed by atoms with Crippen LogP contribution in [0.2, 0.25) is 0 Å². The van der Waals surface area contributed by atoms with Crippen molar-refractivity contribution in [2.45, 2.75) is 24.9 Å². The maximum Gasteiger partial charge on any atom is 0.255 e. The minimum absolute atomic E-state index is 0.0659. The van der Waals surface area contributed by atoms with Gasteiger partial charge in [-0.15, -0.1) is 0 Å². The Hall–Kier alpha value is -2.86. The van der Waals surface area contributed by atoms with Crippen LogP contribution >= 0.6 is 0 Å². The molecular formula is C22H23N3O3. The Bertz CT molecular complexity index is 1030. The fourth-order valence-electron chi connectivity index (χ4n) is 4.50. The summed E-state index contributed by atoms with van der Waals surface area (Å²) in [6.45, 7) is 2.09. The summed E-state index contributed by atoms with van der Waals surface area (Å²) >= 11 is 0. The van der Waals surface area contributed by atoms with Gasteiger partial charge in [-0.05, 0) is 54.7 Å². The second-order valence-electron chi connectivity index (χ2n) is 7.52. The van der Waals surface area contributed by atoms with E-state index in [1.54, 1.807) is 13.3 Å². The van der Waals surface area contributed by atoms with Crippen LogP contribution in [0.5, 0.6) is 5.75 Å². The van der Waals surface area contributed by atoms with E-state index < -0.39 is 0 Å². The second-order valence-corrected chi connectivity index (χ2v) is 7.52. The number of hydrogen-bond donors (Lipinski definition) is 0. The van der Waals surface area contributed by atoms with Gasteiger partial charge in [-0.3, -0.25) is 4.79 Å². The van der Waals surface area contributed by atoms with Crippen LogP contribution in [0.15, 0.2) is 48.9 Å². The fraction of sp³-hybridized carbons (Fsp3) is 0.364. The number of imidazole rings is 1. The highest BCUT2D eigenvalue weighted by atomic mass is 16.5. The summed E-state index contributed by atoms with van der Waals surface area (Å²) in [5, 5.41) is 0. The average molecular weight is 377 g/mol. The van der Waals surface area contributed by atoms with Crippen LogP contribution in [-0.2, 0) is 16.8 Å². The van der Waals surface area contributed by atoms with Crippen molar-refractivity contribution in [3.63, 3.8) is 0 Å². The molecule has 1 spiro atoms. The first-order valence-electron chi connectivity index (χ1n) is 9.72. The molecule has 6 heteroatoms. The molecule has 1 saturated heterocycles. The quantitative estimate of drug-likeness (QED) is 0.689. The van der Waals surface area contributed by atoms with E-state index >= 15 is 0 Å². The van der Waals surface area contributed by atoms with E-state index in [-0.39, 0.29) is 11.5 Å². The molecule has 0 bridgehead atoms. The molecule has 2 aliphatic rings. The standard InChI is InChI=1S/C22H23N3O3/c1-27-18-3-4-19-16(14-18)6-13-28-22(19)7-10-24(11-8-22)21(26)17-2-5-20-23-9-12-25(20)15-17/h2-5,9,12,14-15H,6-8,10-11,13H2,1H3. The number of carbonyl (C=O) groups excluding carboxylic acids is 1. The largest absolute Gasteiger partial charge is 0.497 e. The number of aromatic nitrogens is 2. The molecule has 0 N–H and O–H groups in total. The van der Waals surface area contributed by atoms with E-state index in [1.807, 2.05) is 39.9 Å². The van der Waals surface area contributed by atoms with Crippen molar-refractivity contribution in [2.24, 2.45) is 0 Å². The molecule has 1 fully saturated rings. The van der Waals surface area contributed by atoms with Gasteiger partial charge in [0.2, 0.25) is 0 Å². The number of nitrogens with zero attached hydrogens (tertiary/aromatic N) is 3.